The van der Waals surface area contributed by atoms with E-state index in [4.69, 9.17) is 23.1 Å². The number of thiophene rings is 1. The number of hydrogen-bond acceptors (Lipinski definition) is 4. The van der Waals surface area contributed by atoms with Crippen LogP contribution in [0.4, 0.5) is 21.5 Å². The predicted octanol–water partition coefficient (Wildman–Crippen LogP) is 3.93. The van der Waals surface area contributed by atoms with Crippen molar-refractivity contribution in [1.82, 2.24) is 0 Å². The molecule has 0 radical (unpaired) electrons. The summed E-state index contributed by atoms with van der Waals surface area (Å²) >= 11 is 7.44. The Bertz CT molecular complexity index is 605. The van der Waals surface area contributed by atoms with Crippen LogP contribution < -0.4 is 16.8 Å². The average molecular weight is 300 g/mol. The fourth-order valence-electron chi connectivity index (χ4n) is 1.76. The third kappa shape index (κ3) is 2.77. The molecule has 0 aliphatic carbocycles. The number of aryl methyl sites for hydroxylation is 2. The molecule has 1 heterocycles. The topological polar surface area (TPSA) is 64.1 Å². The normalized spacial score (nSPS) is 10.7. The van der Waals surface area contributed by atoms with E-state index in [0.29, 0.717) is 6.54 Å². The fraction of sp³-hybridized carbons (Fsp3) is 0.231. The summed E-state index contributed by atoms with van der Waals surface area (Å²) in [6.07, 6.45) is 0. The largest absolute Gasteiger partial charge is 0.397 e. The van der Waals surface area contributed by atoms with Gasteiger partial charge in [0.05, 0.1) is 17.1 Å². The maximum atomic E-state index is 14.0. The van der Waals surface area contributed by atoms with E-state index in [1.54, 1.807) is 11.3 Å². The van der Waals surface area contributed by atoms with Crippen molar-refractivity contribution in [3.8, 4) is 0 Å². The number of nitrogens with one attached hydrogen (secondary N) is 1. The number of nitrogens with two attached hydrogens (primary N) is 2. The second kappa shape index (κ2) is 5.27. The molecule has 0 aliphatic heterocycles. The van der Waals surface area contributed by atoms with Gasteiger partial charge in [0.1, 0.15) is 5.02 Å². The van der Waals surface area contributed by atoms with Gasteiger partial charge in [-0.1, -0.05) is 11.6 Å². The van der Waals surface area contributed by atoms with Gasteiger partial charge < -0.3 is 16.8 Å². The van der Waals surface area contributed by atoms with E-state index in [-0.39, 0.29) is 22.1 Å². The molecule has 0 bridgehead atoms. The van der Waals surface area contributed by atoms with Crippen LogP contribution in [0, 0.1) is 19.7 Å². The predicted molar refractivity (Wildman–Crippen MR) is 81.4 cm³/mol. The Morgan fingerprint density at radius 2 is 1.95 bits per heavy atom. The van der Waals surface area contributed by atoms with Crippen LogP contribution in [0.1, 0.15) is 15.3 Å². The molecule has 1 aromatic heterocycles. The van der Waals surface area contributed by atoms with Gasteiger partial charge in [-0.05, 0) is 31.5 Å². The van der Waals surface area contributed by atoms with Gasteiger partial charge in [0.15, 0.2) is 5.82 Å². The quantitative estimate of drug-likeness (QED) is 0.752. The van der Waals surface area contributed by atoms with Crippen molar-refractivity contribution < 1.29 is 4.39 Å². The van der Waals surface area contributed by atoms with E-state index in [1.807, 2.05) is 6.92 Å². The Hall–Kier alpha value is -1.46. The summed E-state index contributed by atoms with van der Waals surface area (Å²) in [4.78, 5) is 2.36. The van der Waals surface area contributed by atoms with E-state index in [1.165, 1.54) is 16.5 Å². The second-order valence-corrected chi connectivity index (χ2v) is 6.08. The molecule has 5 N–H and O–H groups in total. The van der Waals surface area contributed by atoms with Crippen LogP contribution >= 0.6 is 22.9 Å². The maximum Gasteiger partial charge on any atom is 0.169 e. The Morgan fingerprint density at radius 1 is 1.26 bits per heavy atom. The summed E-state index contributed by atoms with van der Waals surface area (Å²) in [5.41, 5.74) is 13.1. The fourth-order valence-corrected chi connectivity index (χ4v) is 2.90. The van der Waals surface area contributed by atoms with Gasteiger partial charge in [-0.2, -0.15) is 0 Å². The summed E-state index contributed by atoms with van der Waals surface area (Å²) in [7, 11) is 0. The van der Waals surface area contributed by atoms with Crippen LogP contribution in [0.3, 0.4) is 0 Å². The molecule has 19 heavy (non-hydrogen) atoms. The molecule has 0 amide bonds. The molecule has 0 atom stereocenters. The first-order valence-electron chi connectivity index (χ1n) is 5.73. The van der Waals surface area contributed by atoms with E-state index >= 15 is 0 Å². The van der Waals surface area contributed by atoms with Crippen molar-refractivity contribution >= 4 is 40.0 Å². The van der Waals surface area contributed by atoms with Crippen LogP contribution in [0.2, 0.25) is 5.02 Å². The summed E-state index contributed by atoms with van der Waals surface area (Å²) in [5.74, 6) is -0.607. The maximum absolute atomic E-state index is 14.0. The lowest BCUT2D eigenvalue weighted by molar-refractivity contribution is 0.632. The van der Waals surface area contributed by atoms with Crippen molar-refractivity contribution in [2.45, 2.75) is 20.4 Å². The van der Waals surface area contributed by atoms with Gasteiger partial charge in [-0.3, -0.25) is 0 Å². The van der Waals surface area contributed by atoms with Gasteiger partial charge in [0, 0.05) is 16.3 Å². The zero-order chi connectivity index (χ0) is 14.2. The standard InChI is InChI=1S/C13H15ClFN3S/c1-6-3-8(19-7(6)2)5-18-13-10(17)4-9(16)11(14)12(13)15/h3-4,18H,5,16-17H2,1-2H3. The number of benzene rings is 1. The first kappa shape index (κ1) is 14.0. The molecule has 0 saturated heterocycles. The van der Waals surface area contributed by atoms with Crippen LogP contribution in [-0.4, -0.2) is 0 Å². The zero-order valence-electron chi connectivity index (χ0n) is 10.7. The summed E-state index contributed by atoms with van der Waals surface area (Å²) in [6, 6.07) is 3.53. The SMILES string of the molecule is Cc1cc(CNc2c(N)cc(N)c(Cl)c2F)sc1C. The summed E-state index contributed by atoms with van der Waals surface area (Å²) in [5, 5.41) is 2.87. The van der Waals surface area contributed by atoms with Crippen molar-refractivity contribution in [3.63, 3.8) is 0 Å². The molecule has 0 unspecified atom stereocenters. The minimum atomic E-state index is -0.607. The van der Waals surface area contributed by atoms with E-state index in [9.17, 15) is 4.39 Å². The molecule has 102 valence electrons. The van der Waals surface area contributed by atoms with Crippen LogP contribution in [-0.2, 0) is 6.54 Å². The van der Waals surface area contributed by atoms with Crippen molar-refractivity contribution in [3.05, 3.63) is 38.3 Å². The van der Waals surface area contributed by atoms with Crippen LogP contribution in [0.5, 0.6) is 0 Å². The molecule has 0 fully saturated rings. The molecule has 6 heteroatoms. The van der Waals surface area contributed by atoms with Crippen molar-refractivity contribution in [2.24, 2.45) is 0 Å². The number of hydrogen-bond donors (Lipinski definition) is 3. The zero-order valence-corrected chi connectivity index (χ0v) is 12.3. The number of anilines is 3. The first-order chi connectivity index (χ1) is 8.90. The molecule has 1 aromatic carbocycles. The highest BCUT2D eigenvalue weighted by atomic mass is 35.5. The highest BCUT2D eigenvalue weighted by molar-refractivity contribution is 7.12. The smallest absolute Gasteiger partial charge is 0.169 e. The van der Waals surface area contributed by atoms with Crippen LogP contribution in [0.25, 0.3) is 0 Å². The Balaban J connectivity index is 2.22. The minimum absolute atomic E-state index is 0.102. The average Bonchev–Trinajstić information content (AvgIpc) is 2.66. The van der Waals surface area contributed by atoms with E-state index in [2.05, 4.69) is 18.3 Å². The molecule has 0 aliphatic rings. The van der Waals surface area contributed by atoms with E-state index < -0.39 is 5.82 Å². The molecule has 0 spiro atoms. The van der Waals surface area contributed by atoms with Gasteiger partial charge in [-0.25, -0.2) is 4.39 Å². The Labute approximate surface area is 120 Å². The molecular formula is C13H15ClFN3S. The van der Waals surface area contributed by atoms with Gasteiger partial charge in [-0.15, -0.1) is 11.3 Å². The third-order valence-electron chi connectivity index (χ3n) is 2.92. The molecule has 3 nitrogen and oxygen atoms in total. The Morgan fingerprint density at radius 3 is 2.53 bits per heavy atom. The summed E-state index contributed by atoms with van der Waals surface area (Å²) < 4.78 is 14.0. The minimum Gasteiger partial charge on any atom is -0.397 e. The molecular weight excluding hydrogens is 285 g/mol. The van der Waals surface area contributed by atoms with E-state index in [0.717, 1.165) is 4.88 Å². The van der Waals surface area contributed by atoms with Crippen molar-refractivity contribution in [2.75, 3.05) is 16.8 Å². The van der Waals surface area contributed by atoms with Gasteiger partial charge in [0.2, 0.25) is 0 Å². The van der Waals surface area contributed by atoms with Gasteiger partial charge >= 0.3 is 0 Å². The first-order valence-corrected chi connectivity index (χ1v) is 6.92. The highest BCUT2D eigenvalue weighted by Crippen LogP contribution is 2.34. The lowest BCUT2D eigenvalue weighted by atomic mass is 10.2. The second-order valence-electron chi connectivity index (χ2n) is 4.36. The number of rotatable bonds is 3. The number of nitrogen functional groups attached to an aromatic ring is 2. The summed E-state index contributed by atoms with van der Waals surface area (Å²) in [6.45, 7) is 4.60. The monoisotopic (exact) mass is 299 g/mol. The van der Waals surface area contributed by atoms with Crippen LogP contribution in [0.15, 0.2) is 12.1 Å². The molecule has 0 saturated carbocycles. The van der Waals surface area contributed by atoms with Gasteiger partial charge in [0.25, 0.3) is 0 Å². The Kier molecular flexibility index (Phi) is 3.87. The molecule has 2 rings (SSSR count). The molecule has 2 aromatic rings. The highest BCUT2D eigenvalue weighted by Gasteiger charge is 2.14. The van der Waals surface area contributed by atoms with Crippen molar-refractivity contribution in [1.29, 1.82) is 0 Å². The lowest BCUT2D eigenvalue weighted by Crippen LogP contribution is -2.05. The lowest BCUT2D eigenvalue weighted by Gasteiger charge is -2.12. The third-order valence-corrected chi connectivity index (χ3v) is 4.46. The number of halogens is 2.